The minimum Gasteiger partial charge on any atom is -0.474 e. The zero-order chi connectivity index (χ0) is 21.9. The average molecular weight is 441 g/mol. The highest BCUT2D eigenvalue weighted by Gasteiger charge is 2.55. The van der Waals surface area contributed by atoms with Gasteiger partial charge in [0.05, 0.1) is 13.1 Å². The maximum absolute atomic E-state index is 12.8. The maximum atomic E-state index is 12.8. The Labute approximate surface area is 175 Å². The summed E-state index contributed by atoms with van der Waals surface area (Å²) in [7, 11) is 0. The van der Waals surface area contributed by atoms with E-state index in [-0.39, 0.29) is 30.0 Å². The van der Waals surface area contributed by atoms with Gasteiger partial charge in [-0.25, -0.2) is 14.6 Å². The van der Waals surface area contributed by atoms with Crippen molar-refractivity contribution in [3.8, 4) is 5.88 Å². The number of aromatic nitrogens is 2. The standard InChI is InChI=1S/C19H22F3N5O4/c20-19(21,22)14-23-6-3-13(24-14)31-12-1-4-17(5-2-12)7-26(8-17)16(29)27-9-18(10-27)11-30-15(28)25-18/h3,6,12H,1-2,4-5,7-11H2,(H,25,28). The van der Waals surface area contributed by atoms with Gasteiger partial charge >= 0.3 is 18.3 Å². The highest BCUT2D eigenvalue weighted by atomic mass is 19.4. The fraction of sp³-hybridized carbons (Fsp3) is 0.684. The van der Waals surface area contributed by atoms with Gasteiger partial charge in [0.2, 0.25) is 11.7 Å². The normalized spacial score (nSPS) is 24.4. The SMILES string of the molecule is O=C1NC2(CO1)CN(C(=O)N1CC3(CCC(Oc4ccnc(C(F)(F)F)n4)CC3)C1)C2. The van der Waals surface area contributed by atoms with Crippen molar-refractivity contribution in [2.45, 2.75) is 43.5 Å². The average Bonchev–Trinajstić information content (AvgIpc) is 3.07. The van der Waals surface area contributed by atoms with Crippen LogP contribution in [-0.2, 0) is 10.9 Å². The van der Waals surface area contributed by atoms with Gasteiger partial charge in [0, 0.05) is 30.8 Å². The van der Waals surface area contributed by atoms with Crippen molar-refractivity contribution < 1.29 is 32.2 Å². The summed E-state index contributed by atoms with van der Waals surface area (Å²) in [6.45, 7) is 2.52. The van der Waals surface area contributed by atoms with Gasteiger partial charge in [-0.15, -0.1) is 0 Å². The zero-order valence-corrected chi connectivity index (χ0v) is 16.7. The van der Waals surface area contributed by atoms with Crippen molar-refractivity contribution >= 4 is 12.1 Å². The highest BCUT2D eigenvalue weighted by Crippen LogP contribution is 2.45. The predicted molar refractivity (Wildman–Crippen MR) is 98.1 cm³/mol. The number of likely N-dealkylation sites (tertiary alicyclic amines) is 2. The molecule has 9 nitrogen and oxygen atoms in total. The second-order valence-electron chi connectivity index (χ2n) is 9.01. The van der Waals surface area contributed by atoms with E-state index in [1.165, 1.54) is 6.07 Å². The first-order valence-corrected chi connectivity index (χ1v) is 10.2. The molecule has 3 aliphatic heterocycles. The van der Waals surface area contributed by atoms with Crippen LogP contribution in [0.15, 0.2) is 12.3 Å². The lowest BCUT2D eigenvalue weighted by Gasteiger charge is -2.56. The Kier molecular flexibility index (Phi) is 4.45. The molecule has 12 heteroatoms. The molecule has 1 aliphatic carbocycles. The number of hydrogen-bond acceptors (Lipinski definition) is 6. The number of rotatable bonds is 2. The van der Waals surface area contributed by atoms with Crippen LogP contribution in [0.4, 0.5) is 22.8 Å². The van der Waals surface area contributed by atoms with Gasteiger partial charge in [-0.3, -0.25) is 0 Å². The van der Waals surface area contributed by atoms with E-state index in [4.69, 9.17) is 9.47 Å². The number of hydrogen-bond donors (Lipinski definition) is 1. The van der Waals surface area contributed by atoms with E-state index >= 15 is 0 Å². The van der Waals surface area contributed by atoms with Crippen LogP contribution in [0, 0.1) is 5.41 Å². The molecular formula is C19H22F3N5O4. The van der Waals surface area contributed by atoms with Gasteiger partial charge in [0.1, 0.15) is 18.2 Å². The number of carbonyl (C=O) groups is 2. The van der Waals surface area contributed by atoms with Crippen LogP contribution in [0.1, 0.15) is 31.5 Å². The molecule has 4 fully saturated rings. The zero-order valence-electron chi connectivity index (χ0n) is 16.7. The molecule has 3 amide bonds. The molecule has 5 rings (SSSR count). The molecule has 3 saturated heterocycles. The lowest BCUT2D eigenvalue weighted by molar-refractivity contribution is -0.145. The molecule has 4 heterocycles. The maximum Gasteiger partial charge on any atom is 0.451 e. The molecule has 31 heavy (non-hydrogen) atoms. The fourth-order valence-corrected chi connectivity index (χ4v) is 4.93. The Balaban J connectivity index is 1.08. The Hall–Kier alpha value is -2.79. The van der Waals surface area contributed by atoms with E-state index in [2.05, 4.69) is 15.3 Å². The van der Waals surface area contributed by atoms with Crippen molar-refractivity contribution in [3.63, 3.8) is 0 Å². The first-order chi connectivity index (χ1) is 14.7. The Bertz CT molecular complexity index is 889. The van der Waals surface area contributed by atoms with E-state index in [0.717, 1.165) is 19.0 Å². The number of ether oxygens (including phenoxy) is 2. The van der Waals surface area contributed by atoms with Gasteiger partial charge in [-0.2, -0.15) is 18.2 Å². The Morgan fingerprint density at radius 1 is 1.19 bits per heavy atom. The first-order valence-electron chi connectivity index (χ1n) is 10.2. The molecule has 0 aromatic carbocycles. The molecule has 1 saturated carbocycles. The van der Waals surface area contributed by atoms with Crippen molar-refractivity contribution in [1.82, 2.24) is 25.1 Å². The predicted octanol–water partition coefficient (Wildman–Crippen LogP) is 2.03. The number of alkyl carbamates (subject to hydrolysis) is 1. The van der Waals surface area contributed by atoms with Crippen molar-refractivity contribution in [3.05, 3.63) is 18.1 Å². The van der Waals surface area contributed by atoms with Gasteiger partial charge in [0.25, 0.3) is 0 Å². The number of carbonyl (C=O) groups excluding carboxylic acids is 2. The smallest absolute Gasteiger partial charge is 0.451 e. The minimum atomic E-state index is -4.61. The molecule has 1 aromatic heterocycles. The molecule has 0 unspecified atom stereocenters. The molecule has 1 N–H and O–H groups in total. The summed E-state index contributed by atoms with van der Waals surface area (Å²) in [6, 6.07) is 1.30. The molecular weight excluding hydrogens is 419 g/mol. The molecule has 1 aromatic rings. The van der Waals surface area contributed by atoms with Gasteiger partial charge in [-0.1, -0.05) is 0 Å². The quantitative estimate of drug-likeness (QED) is 0.755. The number of nitrogens with zero attached hydrogens (tertiary/aromatic N) is 4. The number of nitrogens with one attached hydrogen (secondary N) is 1. The van der Waals surface area contributed by atoms with Crippen LogP contribution in [0.25, 0.3) is 0 Å². The number of urea groups is 1. The highest BCUT2D eigenvalue weighted by molar-refractivity contribution is 5.78. The van der Waals surface area contributed by atoms with E-state index < -0.39 is 23.6 Å². The third-order valence-corrected chi connectivity index (χ3v) is 6.59. The largest absolute Gasteiger partial charge is 0.474 e. The van der Waals surface area contributed by atoms with E-state index in [0.29, 0.717) is 39.0 Å². The molecule has 0 radical (unpaired) electrons. The summed E-state index contributed by atoms with van der Waals surface area (Å²) >= 11 is 0. The summed E-state index contributed by atoms with van der Waals surface area (Å²) < 4.78 is 48.9. The van der Waals surface area contributed by atoms with Gasteiger partial charge in [0.15, 0.2) is 0 Å². The summed E-state index contributed by atoms with van der Waals surface area (Å²) in [5, 5.41) is 2.76. The number of alkyl halides is 3. The van der Waals surface area contributed by atoms with Crippen LogP contribution in [-0.4, -0.2) is 76.3 Å². The third-order valence-electron chi connectivity index (χ3n) is 6.59. The molecule has 0 bridgehead atoms. The van der Waals surface area contributed by atoms with Crippen molar-refractivity contribution in [1.29, 1.82) is 0 Å². The summed E-state index contributed by atoms with van der Waals surface area (Å²) in [5.41, 5.74) is -0.386. The molecule has 0 atom stereocenters. The number of cyclic esters (lactones) is 1. The minimum absolute atomic E-state index is 0.0311. The van der Waals surface area contributed by atoms with E-state index in [1.807, 2.05) is 4.90 Å². The topological polar surface area (TPSA) is 96.9 Å². The second-order valence-corrected chi connectivity index (χ2v) is 9.01. The molecule has 4 aliphatic rings. The number of amides is 3. The summed E-state index contributed by atoms with van der Waals surface area (Å²) in [4.78, 5) is 34.1. The van der Waals surface area contributed by atoms with Gasteiger partial charge in [-0.05, 0) is 25.7 Å². The molecule has 2 spiro atoms. The number of halogens is 3. The van der Waals surface area contributed by atoms with Crippen LogP contribution in [0.2, 0.25) is 0 Å². The summed E-state index contributed by atoms with van der Waals surface area (Å²) in [5.74, 6) is -1.27. The van der Waals surface area contributed by atoms with Crippen LogP contribution < -0.4 is 10.1 Å². The van der Waals surface area contributed by atoms with E-state index in [1.54, 1.807) is 4.90 Å². The van der Waals surface area contributed by atoms with Crippen LogP contribution in [0.5, 0.6) is 5.88 Å². The Morgan fingerprint density at radius 2 is 1.87 bits per heavy atom. The lowest BCUT2D eigenvalue weighted by Crippen LogP contribution is -2.73. The van der Waals surface area contributed by atoms with Crippen LogP contribution in [0.3, 0.4) is 0 Å². The lowest BCUT2D eigenvalue weighted by atomic mass is 9.68. The van der Waals surface area contributed by atoms with E-state index in [9.17, 15) is 22.8 Å². The van der Waals surface area contributed by atoms with Crippen LogP contribution >= 0.6 is 0 Å². The Morgan fingerprint density at radius 3 is 2.48 bits per heavy atom. The van der Waals surface area contributed by atoms with Gasteiger partial charge < -0.3 is 24.6 Å². The second kappa shape index (κ2) is 6.86. The molecule has 168 valence electrons. The first kappa shape index (κ1) is 20.1. The fourth-order valence-electron chi connectivity index (χ4n) is 4.93. The third kappa shape index (κ3) is 3.72. The summed E-state index contributed by atoms with van der Waals surface area (Å²) in [6.07, 6.45) is -1.12. The van der Waals surface area contributed by atoms with Crippen molar-refractivity contribution in [2.75, 3.05) is 32.8 Å². The monoisotopic (exact) mass is 441 g/mol. The van der Waals surface area contributed by atoms with Crippen molar-refractivity contribution in [2.24, 2.45) is 5.41 Å².